The molecule has 0 atom stereocenters. The molecule has 1 aliphatic rings. The van der Waals surface area contributed by atoms with Crippen LogP contribution in [-0.4, -0.2) is 29.2 Å². The number of piperidine rings is 1. The number of rotatable bonds is 1. The second-order valence-electron chi connectivity index (χ2n) is 4.62. The van der Waals surface area contributed by atoms with Crippen molar-refractivity contribution < 1.29 is 13.2 Å². The first kappa shape index (κ1) is 14.2. The van der Waals surface area contributed by atoms with Crippen LogP contribution in [0.1, 0.15) is 18.5 Å². The molecule has 2 rings (SSSR count). The number of nitrogen functional groups attached to an aromatic ring is 1. The summed E-state index contributed by atoms with van der Waals surface area (Å²) in [4.78, 5) is 9.66. The molecule has 1 aromatic heterocycles. The standard InChI is InChI=1S/C11H14ClF3N4/c1-6-8(16)9(18-10(12)17-6)19-4-2-7(3-5-19)11(13,14)15/h7H,2-5,16H2,1H3. The Morgan fingerprint density at radius 3 is 2.37 bits per heavy atom. The molecule has 2 N–H and O–H groups in total. The van der Waals surface area contributed by atoms with E-state index in [9.17, 15) is 13.2 Å². The van der Waals surface area contributed by atoms with Crippen molar-refractivity contribution in [2.75, 3.05) is 23.7 Å². The van der Waals surface area contributed by atoms with Crippen molar-refractivity contribution in [1.82, 2.24) is 9.97 Å². The molecule has 106 valence electrons. The average molecular weight is 295 g/mol. The first-order valence-electron chi connectivity index (χ1n) is 5.90. The Kier molecular flexibility index (Phi) is 3.75. The Balaban J connectivity index is 2.14. The first-order chi connectivity index (χ1) is 8.79. The highest BCUT2D eigenvalue weighted by Gasteiger charge is 2.41. The Labute approximate surface area is 113 Å². The summed E-state index contributed by atoms with van der Waals surface area (Å²) < 4.78 is 37.8. The first-order valence-corrected chi connectivity index (χ1v) is 6.28. The van der Waals surface area contributed by atoms with Gasteiger partial charge in [0.2, 0.25) is 5.28 Å². The van der Waals surface area contributed by atoms with Gasteiger partial charge in [-0.25, -0.2) is 4.98 Å². The maximum Gasteiger partial charge on any atom is 0.391 e. The molecule has 0 saturated carbocycles. The average Bonchev–Trinajstić information content (AvgIpc) is 2.33. The zero-order valence-corrected chi connectivity index (χ0v) is 11.1. The molecule has 2 heterocycles. The minimum absolute atomic E-state index is 0.0452. The lowest BCUT2D eigenvalue weighted by Crippen LogP contribution is -2.39. The number of anilines is 2. The molecule has 1 saturated heterocycles. The summed E-state index contributed by atoms with van der Waals surface area (Å²) in [5.74, 6) is -0.818. The van der Waals surface area contributed by atoms with Gasteiger partial charge in [-0.3, -0.25) is 0 Å². The monoisotopic (exact) mass is 294 g/mol. The summed E-state index contributed by atoms with van der Waals surface area (Å²) >= 11 is 5.76. The molecule has 1 fully saturated rings. The van der Waals surface area contributed by atoms with Crippen LogP contribution in [0.25, 0.3) is 0 Å². The minimum Gasteiger partial charge on any atom is -0.394 e. The van der Waals surface area contributed by atoms with Gasteiger partial charge < -0.3 is 10.6 Å². The van der Waals surface area contributed by atoms with Crippen LogP contribution in [0.5, 0.6) is 0 Å². The molecule has 0 spiro atoms. The van der Waals surface area contributed by atoms with Crippen LogP contribution in [0.3, 0.4) is 0 Å². The zero-order valence-electron chi connectivity index (χ0n) is 10.3. The van der Waals surface area contributed by atoms with Crippen LogP contribution in [-0.2, 0) is 0 Å². The molecular weight excluding hydrogens is 281 g/mol. The van der Waals surface area contributed by atoms with Crippen LogP contribution in [0, 0.1) is 12.8 Å². The number of hydrogen-bond acceptors (Lipinski definition) is 4. The quantitative estimate of drug-likeness (QED) is 0.809. The lowest BCUT2D eigenvalue weighted by molar-refractivity contribution is -0.179. The van der Waals surface area contributed by atoms with E-state index in [-0.39, 0.29) is 31.2 Å². The normalized spacial score (nSPS) is 17.8. The van der Waals surface area contributed by atoms with Crippen molar-refractivity contribution in [3.05, 3.63) is 11.0 Å². The summed E-state index contributed by atoms with van der Waals surface area (Å²) in [6, 6.07) is 0. The summed E-state index contributed by atoms with van der Waals surface area (Å²) in [5, 5.41) is 0.0552. The minimum atomic E-state index is -4.13. The SMILES string of the molecule is Cc1nc(Cl)nc(N2CCC(C(F)(F)F)CC2)c1N. The van der Waals surface area contributed by atoms with Crippen molar-refractivity contribution in [2.45, 2.75) is 25.9 Å². The van der Waals surface area contributed by atoms with Gasteiger partial charge >= 0.3 is 6.18 Å². The van der Waals surface area contributed by atoms with Crippen molar-refractivity contribution >= 4 is 23.1 Å². The molecule has 1 aliphatic heterocycles. The topological polar surface area (TPSA) is 55.0 Å². The van der Waals surface area contributed by atoms with Crippen molar-refractivity contribution in [3.8, 4) is 0 Å². The van der Waals surface area contributed by atoms with E-state index >= 15 is 0 Å². The molecule has 0 aromatic carbocycles. The molecule has 19 heavy (non-hydrogen) atoms. The van der Waals surface area contributed by atoms with E-state index in [0.29, 0.717) is 17.2 Å². The van der Waals surface area contributed by atoms with Crippen molar-refractivity contribution in [1.29, 1.82) is 0 Å². The van der Waals surface area contributed by atoms with Gasteiger partial charge in [0.1, 0.15) is 0 Å². The molecule has 4 nitrogen and oxygen atoms in total. The molecule has 0 radical (unpaired) electrons. The van der Waals surface area contributed by atoms with Gasteiger partial charge in [0.25, 0.3) is 0 Å². The van der Waals surface area contributed by atoms with E-state index in [4.69, 9.17) is 17.3 Å². The van der Waals surface area contributed by atoms with Gasteiger partial charge in [0.05, 0.1) is 17.3 Å². The number of alkyl halides is 3. The number of hydrogen-bond donors (Lipinski definition) is 1. The molecule has 0 amide bonds. The number of nitrogens with zero attached hydrogens (tertiary/aromatic N) is 3. The van der Waals surface area contributed by atoms with Gasteiger partial charge in [-0.2, -0.15) is 18.2 Å². The smallest absolute Gasteiger partial charge is 0.391 e. The maximum atomic E-state index is 12.6. The number of aryl methyl sites for hydroxylation is 1. The second kappa shape index (κ2) is 5.03. The Bertz CT molecular complexity index is 470. The fourth-order valence-corrected chi connectivity index (χ4v) is 2.40. The van der Waals surface area contributed by atoms with Gasteiger partial charge in [-0.05, 0) is 31.4 Å². The van der Waals surface area contributed by atoms with Gasteiger partial charge in [0.15, 0.2) is 5.82 Å². The van der Waals surface area contributed by atoms with Crippen LogP contribution in [0.2, 0.25) is 5.28 Å². The summed E-state index contributed by atoms with van der Waals surface area (Å²) in [6.45, 7) is 2.22. The third-order valence-electron chi connectivity index (χ3n) is 3.35. The van der Waals surface area contributed by atoms with Crippen LogP contribution in [0.15, 0.2) is 0 Å². The van der Waals surface area contributed by atoms with Gasteiger partial charge in [-0.1, -0.05) is 0 Å². The number of halogens is 4. The predicted octanol–water partition coefficient (Wildman–Crippen LogP) is 2.80. The van der Waals surface area contributed by atoms with E-state index in [2.05, 4.69) is 9.97 Å². The van der Waals surface area contributed by atoms with E-state index in [1.54, 1.807) is 11.8 Å². The molecule has 0 unspecified atom stereocenters. The highest BCUT2D eigenvalue weighted by Crippen LogP contribution is 2.36. The second-order valence-corrected chi connectivity index (χ2v) is 4.96. The Morgan fingerprint density at radius 2 is 1.84 bits per heavy atom. The lowest BCUT2D eigenvalue weighted by atomic mass is 9.96. The van der Waals surface area contributed by atoms with Crippen LogP contribution in [0.4, 0.5) is 24.7 Å². The van der Waals surface area contributed by atoms with Gasteiger partial charge in [-0.15, -0.1) is 0 Å². The summed E-state index contributed by atoms with van der Waals surface area (Å²) in [6.07, 6.45) is -4.04. The third-order valence-corrected chi connectivity index (χ3v) is 3.52. The lowest BCUT2D eigenvalue weighted by Gasteiger charge is -2.34. The van der Waals surface area contributed by atoms with Crippen molar-refractivity contribution in [2.24, 2.45) is 5.92 Å². The predicted molar refractivity (Wildman–Crippen MR) is 67.2 cm³/mol. The maximum absolute atomic E-state index is 12.6. The van der Waals surface area contributed by atoms with Crippen LogP contribution < -0.4 is 10.6 Å². The van der Waals surface area contributed by atoms with Crippen LogP contribution >= 0.6 is 11.6 Å². The van der Waals surface area contributed by atoms with E-state index in [1.165, 1.54) is 0 Å². The molecule has 0 aliphatic carbocycles. The number of nitrogens with two attached hydrogens (primary N) is 1. The highest BCUT2D eigenvalue weighted by molar-refractivity contribution is 6.28. The largest absolute Gasteiger partial charge is 0.394 e. The fraction of sp³-hybridized carbons (Fsp3) is 0.636. The molecule has 0 bridgehead atoms. The van der Waals surface area contributed by atoms with E-state index in [0.717, 1.165) is 0 Å². The molecule has 8 heteroatoms. The van der Waals surface area contributed by atoms with E-state index in [1.807, 2.05) is 0 Å². The summed E-state index contributed by atoms with van der Waals surface area (Å²) in [5.41, 5.74) is 6.76. The molecule has 1 aromatic rings. The van der Waals surface area contributed by atoms with Gasteiger partial charge in [0, 0.05) is 13.1 Å². The zero-order chi connectivity index (χ0) is 14.2. The summed E-state index contributed by atoms with van der Waals surface area (Å²) in [7, 11) is 0. The fourth-order valence-electron chi connectivity index (χ4n) is 2.19. The third kappa shape index (κ3) is 3.02. The Hall–Kier alpha value is -1.24. The molecular formula is C11H14ClF3N4. The Morgan fingerprint density at radius 1 is 1.26 bits per heavy atom. The highest BCUT2D eigenvalue weighted by atomic mass is 35.5. The van der Waals surface area contributed by atoms with E-state index < -0.39 is 12.1 Å². The number of aromatic nitrogens is 2. The van der Waals surface area contributed by atoms with Crippen molar-refractivity contribution in [3.63, 3.8) is 0 Å².